The second-order valence-electron chi connectivity index (χ2n) is 12.9. The van der Waals surface area contributed by atoms with Crippen LogP contribution in [0.15, 0.2) is 48.5 Å². The first-order valence-corrected chi connectivity index (χ1v) is 17.6. The Kier molecular flexibility index (Phi) is 10.2. The van der Waals surface area contributed by atoms with Crippen molar-refractivity contribution in [1.82, 2.24) is 35.8 Å². The number of carbonyl (C=O) groups is 2. The van der Waals surface area contributed by atoms with Crippen molar-refractivity contribution in [2.75, 3.05) is 33.9 Å². The van der Waals surface area contributed by atoms with E-state index < -0.39 is 0 Å². The monoisotopic (exact) mass is 715 g/mol. The number of rotatable bonds is 11. The minimum Gasteiger partial charge on any atom is -0.481 e. The zero-order valence-corrected chi connectivity index (χ0v) is 29.5. The molecular formula is C37H39Cl2N7O4. The molecule has 11 nitrogen and oxygen atoms in total. The van der Waals surface area contributed by atoms with Gasteiger partial charge in [0, 0.05) is 97.5 Å². The van der Waals surface area contributed by atoms with Crippen LogP contribution in [0.4, 0.5) is 0 Å². The molecule has 3 aliphatic heterocycles. The van der Waals surface area contributed by atoms with E-state index in [1.54, 1.807) is 14.2 Å². The highest BCUT2D eigenvalue weighted by Crippen LogP contribution is 2.42. The van der Waals surface area contributed by atoms with Gasteiger partial charge in [-0.25, -0.2) is 9.97 Å². The molecule has 2 aromatic heterocycles. The Labute approximate surface area is 301 Å². The van der Waals surface area contributed by atoms with E-state index in [9.17, 15) is 9.59 Å². The van der Waals surface area contributed by atoms with Crippen LogP contribution in [-0.2, 0) is 29.1 Å². The summed E-state index contributed by atoms with van der Waals surface area (Å²) in [6.45, 7) is 3.49. The quantitative estimate of drug-likeness (QED) is 0.192. The van der Waals surface area contributed by atoms with Gasteiger partial charge >= 0.3 is 0 Å². The van der Waals surface area contributed by atoms with Gasteiger partial charge in [-0.2, -0.15) is 4.98 Å². The number of halogens is 2. The van der Waals surface area contributed by atoms with Crippen molar-refractivity contribution in [3.8, 4) is 45.5 Å². The lowest BCUT2D eigenvalue weighted by Crippen LogP contribution is -2.41. The number of aromatic nitrogens is 3. The van der Waals surface area contributed by atoms with Crippen LogP contribution in [0.2, 0.25) is 10.0 Å². The number of amides is 2. The lowest BCUT2D eigenvalue weighted by Gasteiger charge is -2.30. The molecule has 7 rings (SSSR count). The van der Waals surface area contributed by atoms with E-state index in [0.717, 1.165) is 65.9 Å². The molecule has 4 aromatic rings. The molecule has 3 N–H and O–H groups in total. The van der Waals surface area contributed by atoms with Gasteiger partial charge in [0.05, 0.1) is 35.7 Å². The third kappa shape index (κ3) is 7.14. The van der Waals surface area contributed by atoms with E-state index >= 15 is 0 Å². The van der Waals surface area contributed by atoms with Crippen molar-refractivity contribution in [3.05, 3.63) is 75.4 Å². The van der Waals surface area contributed by atoms with Crippen LogP contribution >= 0.6 is 23.2 Å². The van der Waals surface area contributed by atoms with E-state index in [4.69, 9.17) is 47.6 Å². The highest BCUT2D eigenvalue weighted by Gasteiger charge is 2.29. The van der Waals surface area contributed by atoms with Crippen LogP contribution in [0.25, 0.3) is 33.8 Å². The molecule has 0 unspecified atom stereocenters. The number of carbonyl (C=O) groups excluding carboxylic acids is 2. The van der Waals surface area contributed by atoms with Crippen molar-refractivity contribution in [2.24, 2.45) is 0 Å². The topological polar surface area (TPSA) is 131 Å². The van der Waals surface area contributed by atoms with E-state index in [0.29, 0.717) is 71.4 Å². The average Bonchev–Trinajstić information content (AvgIpc) is 3.74. The highest BCUT2D eigenvalue weighted by molar-refractivity contribution is 6.39. The Morgan fingerprint density at radius 3 is 2.14 bits per heavy atom. The number of hydrogen-bond donors (Lipinski definition) is 3. The molecular weight excluding hydrogens is 677 g/mol. The SMILES string of the molecule is COc1nc(-c2cccc(-c3cccc(-c4nc5c(c(OC)n4)CN(C[C@@H]4CCC(=O)N4)CC5)c3Cl)c2Cl)ccc1CNC[C@@H]1CCC(=O)N1. The fourth-order valence-corrected chi connectivity index (χ4v) is 7.64. The minimum atomic E-state index is 0.0979. The molecule has 2 fully saturated rings. The normalized spacial score (nSPS) is 18.9. The first-order chi connectivity index (χ1) is 24.3. The number of methoxy groups -OCH3 is 2. The molecule has 2 saturated heterocycles. The summed E-state index contributed by atoms with van der Waals surface area (Å²) < 4.78 is 11.4. The molecule has 2 aromatic carbocycles. The third-order valence-corrected chi connectivity index (χ3v) is 10.4. The summed E-state index contributed by atoms with van der Waals surface area (Å²) in [4.78, 5) is 40.1. The van der Waals surface area contributed by atoms with Gasteiger partial charge in [-0.05, 0) is 25.0 Å². The van der Waals surface area contributed by atoms with E-state index in [1.165, 1.54) is 0 Å². The molecule has 0 spiro atoms. The van der Waals surface area contributed by atoms with Crippen LogP contribution in [0.5, 0.6) is 11.8 Å². The maximum Gasteiger partial charge on any atom is 0.221 e. The van der Waals surface area contributed by atoms with Crippen molar-refractivity contribution in [2.45, 2.75) is 57.3 Å². The fourth-order valence-electron chi connectivity index (χ4n) is 7.00. The Balaban J connectivity index is 1.13. The minimum absolute atomic E-state index is 0.0979. The van der Waals surface area contributed by atoms with Crippen molar-refractivity contribution < 1.29 is 19.1 Å². The molecule has 50 heavy (non-hydrogen) atoms. The molecule has 13 heteroatoms. The summed E-state index contributed by atoms with van der Waals surface area (Å²) in [5, 5.41) is 10.4. The van der Waals surface area contributed by atoms with E-state index in [1.807, 2.05) is 48.5 Å². The van der Waals surface area contributed by atoms with Gasteiger partial charge in [-0.1, -0.05) is 59.6 Å². The molecule has 3 aliphatic rings. The Hall–Kier alpha value is -4.29. The van der Waals surface area contributed by atoms with Gasteiger partial charge in [-0.15, -0.1) is 0 Å². The van der Waals surface area contributed by atoms with Gasteiger partial charge in [0.1, 0.15) is 0 Å². The van der Waals surface area contributed by atoms with E-state index in [2.05, 4.69) is 20.9 Å². The Morgan fingerprint density at radius 2 is 1.46 bits per heavy atom. The molecule has 2 amide bonds. The Morgan fingerprint density at radius 1 is 0.800 bits per heavy atom. The summed E-state index contributed by atoms with van der Waals surface area (Å²) in [6.07, 6.45) is 3.58. The molecule has 2 atom stereocenters. The lowest BCUT2D eigenvalue weighted by atomic mass is 9.98. The van der Waals surface area contributed by atoms with Gasteiger partial charge < -0.3 is 25.4 Å². The summed E-state index contributed by atoms with van der Waals surface area (Å²) in [5.74, 6) is 1.73. The fraction of sp³-hybridized carbons (Fsp3) is 0.378. The predicted octanol–water partition coefficient (Wildman–Crippen LogP) is 5.20. The van der Waals surface area contributed by atoms with Gasteiger partial charge in [0.15, 0.2) is 5.82 Å². The number of fused-ring (bicyclic) bond motifs is 1. The largest absolute Gasteiger partial charge is 0.481 e. The second kappa shape index (κ2) is 14.9. The summed E-state index contributed by atoms with van der Waals surface area (Å²) >= 11 is 14.3. The van der Waals surface area contributed by atoms with E-state index in [-0.39, 0.29) is 23.9 Å². The maximum absolute atomic E-state index is 11.7. The van der Waals surface area contributed by atoms with Crippen LogP contribution in [-0.4, -0.2) is 77.6 Å². The molecule has 0 aliphatic carbocycles. The number of nitrogens with zero attached hydrogens (tertiary/aromatic N) is 4. The number of nitrogens with one attached hydrogen (secondary N) is 3. The second-order valence-corrected chi connectivity index (χ2v) is 13.7. The van der Waals surface area contributed by atoms with Gasteiger partial charge in [0.25, 0.3) is 0 Å². The van der Waals surface area contributed by atoms with Crippen molar-refractivity contribution >= 4 is 35.0 Å². The standard InChI is InChI=1S/C37H39Cl2N7O4/c1-49-36-21(17-40-18-22-10-13-31(47)41-22)9-12-29(44-36)26-7-3-5-24(33(26)38)25-6-4-8-27(34(25)39)35-43-30-15-16-46(19-23-11-14-32(48)42-23)20-28(30)37(45-35)50-2/h3-9,12,22-23,40H,10-11,13-20H2,1-2H3,(H,41,47)(H,42,48)/t22-,23-/m0/s1. The van der Waals surface area contributed by atoms with Crippen molar-refractivity contribution in [3.63, 3.8) is 0 Å². The van der Waals surface area contributed by atoms with Gasteiger partial charge in [0.2, 0.25) is 23.6 Å². The van der Waals surface area contributed by atoms with Crippen LogP contribution in [0, 0.1) is 0 Å². The Bertz CT molecular complexity index is 1920. The molecule has 0 bridgehead atoms. The average molecular weight is 717 g/mol. The lowest BCUT2D eigenvalue weighted by molar-refractivity contribution is -0.120. The number of pyridine rings is 1. The molecule has 5 heterocycles. The third-order valence-electron chi connectivity index (χ3n) is 9.59. The van der Waals surface area contributed by atoms with Gasteiger partial charge in [-0.3, -0.25) is 14.5 Å². The van der Waals surface area contributed by atoms with Crippen LogP contribution in [0.3, 0.4) is 0 Å². The molecule has 0 saturated carbocycles. The van der Waals surface area contributed by atoms with Crippen LogP contribution < -0.4 is 25.4 Å². The summed E-state index contributed by atoms with van der Waals surface area (Å²) in [7, 11) is 3.22. The highest BCUT2D eigenvalue weighted by atomic mass is 35.5. The van der Waals surface area contributed by atoms with Crippen LogP contribution in [0.1, 0.15) is 42.5 Å². The zero-order chi connectivity index (χ0) is 34.8. The first-order valence-electron chi connectivity index (χ1n) is 16.9. The molecule has 0 radical (unpaired) electrons. The number of ether oxygens (including phenoxy) is 2. The van der Waals surface area contributed by atoms with Crippen molar-refractivity contribution in [1.29, 1.82) is 0 Å². The first kappa shape index (κ1) is 34.2. The number of benzene rings is 2. The molecule has 260 valence electrons. The summed E-state index contributed by atoms with van der Waals surface area (Å²) in [5.41, 5.74) is 6.38. The zero-order valence-electron chi connectivity index (χ0n) is 28.0. The predicted molar refractivity (Wildman–Crippen MR) is 192 cm³/mol. The number of hydrogen-bond acceptors (Lipinski definition) is 9. The summed E-state index contributed by atoms with van der Waals surface area (Å²) in [6, 6.07) is 15.8. The smallest absolute Gasteiger partial charge is 0.221 e. The maximum atomic E-state index is 11.7.